The van der Waals surface area contributed by atoms with E-state index >= 15 is 0 Å². The zero-order valence-corrected chi connectivity index (χ0v) is 8.98. The van der Waals surface area contributed by atoms with Crippen molar-refractivity contribution in [1.29, 1.82) is 0 Å². The number of halogens is 1. The van der Waals surface area contributed by atoms with E-state index in [2.05, 4.69) is 12.2 Å². The molecule has 2 rings (SSSR count). The number of hydrogen-bond acceptors (Lipinski definition) is 2. The SMILES string of the molecule is CC1SCCC1Nc1cccc(F)c1. The standard InChI is InChI=1S/C11H14FNS/c1-8-11(5-6-14-8)13-10-4-2-3-9(12)7-10/h2-4,7-8,11,13H,5-6H2,1H3. The van der Waals surface area contributed by atoms with Gasteiger partial charge in [0.15, 0.2) is 0 Å². The Balaban J connectivity index is 2.03. The Kier molecular flexibility index (Phi) is 2.96. The summed E-state index contributed by atoms with van der Waals surface area (Å²) in [6.07, 6.45) is 1.17. The predicted molar refractivity (Wildman–Crippen MR) is 60.3 cm³/mol. The van der Waals surface area contributed by atoms with E-state index in [9.17, 15) is 4.39 Å². The molecule has 0 radical (unpaired) electrons. The summed E-state index contributed by atoms with van der Waals surface area (Å²) < 4.78 is 12.9. The molecule has 1 N–H and O–H groups in total. The van der Waals surface area contributed by atoms with Gasteiger partial charge in [0.1, 0.15) is 5.82 Å². The zero-order chi connectivity index (χ0) is 9.97. The molecule has 3 heteroatoms. The molecular formula is C11H14FNS. The lowest BCUT2D eigenvalue weighted by Crippen LogP contribution is -2.24. The molecule has 2 unspecified atom stereocenters. The quantitative estimate of drug-likeness (QED) is 0.806. The van der Waals surface area contributed by atoms with Crippen LogP contribution in [-0.2, 0) is 0 Å². The molecule has 1 aromatic rings. The second-order valence-corrected chi connectivity index (χ2v) is 5.11. The van der Waals surface area contributed by atoms with Crippen LogP contribution in [0, 0.1) is 5.82 Å². The largest absolute Gasteiger partial charge is 0.381 e. The first-order valence-electron chi connectivity index (χ1n) is 4.89. The van der Waals surface area contributed by atoms with Gasteiger partial charge in [-0.2, -0.15) is 11.8 Å². The van der Waals surface area contributed by atoms with Crippen LogP contribution < -0.4 is 5.32 Å². The molecule has 0 bridgehead atoms. The molecular weight excluding hydrogens is 197 g/mol. The number of rotatable bonds is 2. The van der Waals surface area contributed by atoms with Crippen LogP contribution in [0.3, 0.4) is 0 Å². The molecule has 0 saturated carbocycles. The highest BCUT2D eigenvalue weighted by Gasteiger charge is 2.23. The van der Waals surface area contributed by atoms with E-state index in [0.29, 0.717) is 11.3 Å². The summed E-state index contributed by atoms with van der Waals surface area (Å²) in [7, 11) is 0. The molecule has 1 aliphatic rings. The number of nitrogens with one attached hydrogen (secondary N) is 1. The summed E-state index contributed by atoms with van der Waals surface area (Å²) in [6, 6.07) is 7.17. The Morgan fingerprint density at radius 3 is 3.00 bits per heavy atom. The highest BCUT2D eigenvalue weighted by atomic mass is 32.2. The van der Waals surface area contributed by atoms with Crippen molar-refractivity contribution in [2.75, 3.05) is 11.1 Å². The van der Waals surface area contributed by atoms with E-state index in [-0.39, 0.29) is 5.82 Å². The van der Waals surface area contributed by atoms with Crippen LogP contribution in [0.15, 0.2) is 24.3 Å². The van der Waals surface area contributed by atoms with Gasteiger partial charge in [-0.15, -0.1) is 0 Å². The molecule has 0 amide bonds. The summed E-state index contributed by atoms with van der Waals surface area (Å²) in [5.74, 6) is 1.03. The average molecular weight is 211 g/mol. The summed E-state index contributed by atoms with van der Waals surface area (Å²) in [4.78, 5) is 0. The van der Waals surface area contributed by atoms with Crippen LogP contribution in [0.2, 0.25) is 0 Å². The highest BCUT2D eigenvalue weighted by molar-refractivity contribution is 8.00. The number of thioether (sulfide) groups is 1. The van der Waals surface area contributed by atoms with Crippen molar-refractivity contribution < 1.29 is 4.39 Å². The van der Waals surface area contributed by atoms with Gasteiger partial charge in [-0.1, -0.05) is 13.0 Å². The van der Waals surface area contributed by atoms with Crippen molar-refractivity contribution in [3.8, 4) is 0 Å². The fourth-order valence-electron chi connectivity index (χ4n) is 1.71. The Bertz CT molecular complexity index is 316. The Morgan fingerprint density at radius 2 is 2.36 bits per heavy atom. The third-order valence-corrected chi connectivity index (χ3v) is 3.88. The van der Waals surface area contributed by atoms with E-state index in [4.69, 9.17) is 0 Å². The summed E-state index contributed by atoms with van der Waals surface area (Å²) >= 11 is 1.97. The lowest BCUT2D eigenvalue weighted by Gasteiger charge is -2.17. The van der Waals surface area contributed by atoms with E-state index in [0.717, 1.165) is 5.69 Å². The molecule has 0 aromatic heterocycles. The molecule has 76 valence electrons. The normalized spacial score (nSPS) is 26.4. The van der Waals surface area contributed by atoms with Crippen LogP contribution in [0.1, 0.15) is 13.3 Å². The third kappa shape index (κ3) is 2.21. The monoisotopic (exact) mass is 211 g/mol. The maximum atomic E-state index is 12.9. The van der Waals surface area contributed by atoms with Crippen LogP contribution in [0.5, 0.6) is 0 Å². The smallest absolute Gasteiger partial charge is 0.125 e. The van der Waals surface area contributed by atoms with Crippen molar-refractivity contribution in [3.63, 3.8) is 0 Å². The van der Waals surface area contributed by atoms with Crippen LogP contribution in [0.25, 0.3) is 0 Å². The first kappa shape index (κ1) is 9.84. The van der Waals surface area contributed by atoms with Crippen LogP contribution in [-0.4, -0.2) is 17.0 Å². The molecule has 1 nitrogen and oxygen atoms in total. The van der Waals surface area contributed by atoms with Gasteiger partial charge in [-0.05, 0) is 30.4 Å². The van der Waals surface area contributed by atoms with Gasteiger partial charge >= 0.3 is 0 Å². The molecule has 0 spiro atoms. The van der Waals surface area contributed by atoms with Gasteiger partial charge in [-0.3, -0.25) is 0 Å². The average Bonchev–Trinajstić information content (AvgIpc) is 2.52. The van der Waals surface area contributed by atoms with Crippen molar-refractivity contribution >= 4 is 17.4 Å². The fourth-order valence-corrected chi connectivity index (χ4v) is 2.91. The van der Waals surface area contributed by atoms with Crippen molar-refractivity contribution in [2.45, 2.75) is 24.6 Å². The number of benzene rings is 1. The third-order valence-electron chi connectivity index (χ3n) is 2.55. The lowest BCUT2D eigenvalue weighted by molar-refractivity contribution is 0.627. The van der Waals surface area contributed by atoms with E-state index in [1.54, 1.807) is 12.1 Å². The Morgan fingerprint density at radius 1 is 1.50 bits per heavy atom. The molecule has 1 fully saturated rings. The van der Waals surface area contributed by atoms with Gasteiger partial charge in [0, 0.05) is 17.0 Å². The molecule has 0 aliphatic carbocycles. The van der Waals surface area contributed by atoms with Gasteiger partial charge in [-0.25, -0.2) is 4.39 Å². The maximum absolute atomic E-state index is 12.9. The van der Waals surface area contributed by atoms with Crippen molar-refractivity contribution in [1.82, 2.24) is 0 Å². The minimum absolute atomic E-state index is 0.173. The molecule has 1 saturated heterocycles. The minimum atomic E-state index is -0.173. The van der Waals surface area contributed by atoms with Gasteiger partial charge in [0.2, 0.25) is 0 Å². The predicted octanol–water partition coefficient (Wildman–Crippen LogP) is 3.13. The summed E-state index contributed by atoms with van der Waals surface area (Å²) in [5, 5.41) is 3.99. The Labute approximate surface area is 88.1 Å². The lowest BCUT2D eigenvalue weighted by atomic mass is 10.1. The molecule has 2 atom stereocenters. The van der Waals surface area contributed by atoms with Crippen molar-refractivity contribution in [2.24, 2.45) is 0 Å². The van der Waals surface area contributed by atoms with Gasteiger partial charge < -0.3 is 5.32 Å². The topological polar surface area (TPSA) is 12.0 Å². The fraction of sp³-hybridized carbons (Fsp3) is 0.455. The molecule has 1 aromatic carbocycles. The van der Waals surface area contributed by atoms with Gasteiger partial charge in [0.25, 0.3) is 0 Å². The van der Waals surface area contributed by atoms with E-state index in [1.807, 2.05) is 17.8 Å². The second kappa shape index (κ2) is 4.22. The van der Waals surface area contributed by atoms with Crippen LogP contribution in [0.4, 0.5) is 10.1 Å². The number of hydrogen-bond donors (Lipinski definition) is 1. The highest BCUT2D eigenvalue weighted by Crippen LogP contribution is 2.28. The number of anilines is 1. The zero-order valence-electron chi connectivity index (χ0n) is 8.16. The minimum Gasteiger partial charge on any atom is -0.381 e. The maximum Gasteiger partial charge on any atom is 0.125 e. The Hall–Kier alpha value is -0.700. The summed E-state index contributed by atoms with van der Waals surface area (Å²) in [5.41, 5.74) is 0.893. The van der Waals surface area contributed by atoms with Crippen molar-refractivity contribution in [3.05, 3.63) is 30.1 Å². The molecule has 14 heavy (non-hydrogen) atoms. The van der Waals surface area contributed by atoms with Crippen LogP contribution >= 0.6 is 11.8 Å². The molecule has 1 heterocycles. The first-order chi connectivity index (χ1) is 6.75. The summed E-state index contributed by atoms with van der Waals surface area (Å²) in [6.45, 7) is 2.22. The first-order valence-corrected chi connectivity index (χ1v) is 5.94. The van der Waals surface area contributed by atoms with E-state index < -0.39 is 0 Å². The van der Waals surface area contributed by atoms with E-state index in [1.165, 1.54) is 18.2 Å². The van der Waals surface area contributed by atoms with Gasteiger partial charge in [0.05, 0.1) is 0 Å². The second-order valence-electron chi connectivity index (χ2n) is 3.63. The molecule has 1 aliphatic heterocycles.